The Hall–Kier alpha value is -4.07. The third-order valence-corrected chi connectivity index (χ3v) is 10.2. The predicted octanol–water partition coefficient (Wildman–Crippen LogP) is 7.43. The summed E-state index contributed by atoms with van der Waals surface area (Å²) in [5.41, 5.74) is 0.736. The van der Waals surface area contributed by atoms with Crippen molar-refractivity contribution in [1.82, 2.24) is 0 Å². The van der Waals surface area contributed by atoms with Gasteiger partial charge >= 0.3 is 6.18 Å². The molecule has 2 N–H and O–H groups in total. The molecular formula is C31H29ClF3N3O5S2. The Labute approximate surface area is 264 Å². The molecule has 4 aromatic carbocycles. The van der Waals surface area contributed by atoms with Crippen LogP contribution >= 0.6 is 11.6 Å². The van der Waals surface area contributed by atoms with E-state index in [1.807, 2.05) is 20.8 Å². The number of anilines is 3. The Kier molecular flexibility index (Phi) is 9.85. The Balaban J connectivity index is 1.54. The highest BCUT2D eigenvalue weighted by Gasteiger charge is 2.34. The molecule has 4 aromatic rings. The minimum absolute atomic E-state index is 0.000984. The number of carbonyl (C=O) groups is 1. The SMILES string of the molecule is Cc1ccc(S(=O)(=O)N(CC(=O)Nc2ccc(S(=O)(=O)Nc3ccc(Cl)c(C(F)(F)F)c3)cc2)c2ccc(C(C)C)cc2)cc1. The van der Waals surface area contributed by atoms with E-state index in [1.165, 1.54) is 24.3 Å². The van der Waals surface area contributed by atoms with E-state index in [0.717, 1.165) is 39.7 Å². The largest absolute Gasteiger partial charge is 0.417 e. The molecule has 4 rings (SSSR count). The quantitative estimate of drug-likeness (QED) is 0.181. The first-order valence-corrected chi connectivity index (χ1v) is 16.8. The van der Waals surface area contributed by atoms with Crippen LogP contribution in [0, 0.1) is 6.92 Å². The van der Waals surface area contributed by atoms with Crippen LogP contribution in [-0.2, 0) is 31.0 Å². The lowest BCUT2D eigenvalue weighted by molar-refractivity contribution is -0.137. The van der Waals surface area contributed by atoms with Crippen LogP contribution in [0.2, 0.25) is 5.02 Å². The standard InChI is InChI=1S/C31H29ClF3N3O5S2/c1-20(2)22-6-11-25(12-7-22)38(45(42,43)27-13-4-21(3)5-14-27)19-30(39)36-23-8-15-26(16-9-23)44(40,41)37-24-10-17-29(32)28(18-24)31(33,34)35/h4-18,20,37H,19H2,1-3H3,(H,36,39). The maximum atomic E-state index is 13.7. The predicted molar refractivity (Wildman–Crippen MR) is 169 cm³/mol. The highest BCUT2D eigenvalue weighted by Crippen LogP contribution is 2.36. The number of aryl methyl sites for hydroxylation is 1. The molecule has 1 amide bonds. The first-order chi connectivity index (χ1) is 21.0. The van der Waals surface area contributed by atoms with E-state index in [-0.39, 0.29) is 32.8 Å². The number of amides is 1. The molecule has 45 heavy (non-hydrogen) atoms. The second-order valence-corrected chi connectivity index (χ2v) is 14.4. The minimum atomic E-state index is -4.79. The van der Waals surface area contributed by atoms with Crippen LogP contribution in [0.15, 0.2) is 101 Å². The van der Waals surface area contributed by atoms with Crippen molar-refractivity contribution in [3.8, 4) is 0 Å². The van der Waals surface area contributed by atoms with Gasteiger partial charge in [-0.15, -0.1) is 0 Å². The summed E-state index contributed by atoms with van der Waals surface area (Å²) in [5, 5.41) is 1.98. The monoisotopic (exact) mass is 679 g/mol. The minimum Gasteiger partial charge on any atom is -0.325 e. The van der Waals surface area contributed by atoms with Crippen LogP contribution in [0.1, 0.15) is 36.5 Å². The fourth-order valence-corrected chi connectivity index (χ4v) is 6.94. The van der Waals surface area contributed by atoms with E-state index in [0.29, 0.717) is 6.07 Å². The Morgan fingerprint density at radius 3 is 1.93 bits per heavy atom. The van der Waals surface area contributed by atoms with Gasteiger partial charge < -0.3 is 5.32 Å². The summed E-state index contributed by atoms with van der Waals surface area (Å²) in [6, 6.07) is 20.5. The number of alkyl halides is 3. The van der Waals surface area contributed by atoms with Crippen molar-refractivity contribution in [2.45, 2.75) is 42.7 Å². The van der Waals surface area contributed by atoms with Crippen LogP contribution < -0.4 is 14.3 Å². The van der Waals surface area contributed by atoms with Gasteiger partial charge in [-0.3, -0.25) is 13.8 Å². The van der Waals surface area contributed by atoms with Gasteiger partial charge in [-0.25, -0.2) is 16.8 Å². The van der Waals surface area contributed by atoms with Crippen molar-refractivity contribution in [3.05, 3.63) is 113 Å². The third kappa shape index (κ3) is 8.16. The molecule has 0 spiro atoms. The zero-order valence-electron chi connectivity index (χ0n) is 24.3. The van der Waals surface area contributed by atoms with E-state index in [4.69, 9.17) is 11.6 Å². The highest BCUT2D eigenvalue weighted by atomic mass is 35.5. The zero-order valence-corrected chi connectivity index (χ0v) is 26.7. The molecule has 0 aliphatic heterocycles. The van der Waals surface area contributed by atoms with Crippen LogP contribution in [-0.4, -0.2) is 29.3 Å². The van der Waals surface area contributed by atoms with E-state index in [2.05, 4.69) is 10.0 Å². The molecule has 0 bridgehead atoms. The fourth-order valence-electron chi connectivity index (χ4n) is 4.25. The second kappa shape index (κ2) is 13.1. The number of hydrogen-bond donors (Lipinski definition) is 2. The summed E-state index contributed by atoms with van der Waals surface area (Å²) in [6.07, 6.45) is -4.79. The zero-order chi connectivity index (χ0) is 33.2. The van der Waals surface area contributed by atoms with E-state index >= 15 is 0 Å². The highest BCUT2D eigenvalue weighted by molar-refractivity contribution is 7.93. The first-order valence-electron chi connectivity index (χ1n) is 13.5. The maximum absolute atomic E-state index is 13.7. The smallest absolute Gasteiger partial charge is 0.325 e. The Morgan fingerprint density at radius 1 is 0.822 bits per heavy atom. The Morgan fingerprint density at radius 2 is 1.38 bits per heavy atom. The molecule has 238 valence electrons. The molecule has 14 heteroatoms. The van der Waals surface area contributed by atoms with Crippen molar-refractivity contribution in [2.75, 3.05) is 20.9 Å². The van der Waals surface area contributed by atoms with Crippen LogP contribution in [0.5, 0.6) is 0 Å². The number of nitrogens with one attached hydrogen (secondary N) is 2. The van der Waals surface area contributed by atoms with E-state index < -0.39 is 49.3 Å². The third-order valence-electron chi connectivity index (χ3n) is 6.72. The maximum Gasteiger partial charge on any atom is 0.417 e. The van der Waals surface area contributed by atoms with Crippen LogP contribution in [0.25, 0.3) is 0 Å². The van der Waals surface area contributed by atoms with Gasteiger partial charge in [0.1, 0.15) is 6.54 Å². The second-order valence-electron chi connectivity index (χ2n) is 10.4. The van der Waals surface area contributed by atoms with Crippen molar-refractivity contribution in [3.63, 3.8) is 0 Å². The molecular weight excluding hydrogens is 651 g/mol. The number of rotatable bonds is 10. The van der Waals surface area contributed by atoms with E-state index in [1.54, 1.807) is 36.4 Å². The van der Waals surface area contributed by atoms with Gasteiger partial charge in [-0.1, -0.05) is 55.3 Å². The van der Waals surface area contributed by atoms with Gasteiger partial charge in [-0.2, -0.15) is 13.2 Å². The van der Waals surface area contributed by atoms with Gasteiger partial charge in [0.25, 0.3) is 20.0 Å². The molecule has 0 saturated carbocycles. The molecule has 0 aliphatic rings. The molecule has 8 nitrogen and oxygen atoms in total. The van der Waals surface area contributed by atoms with Crippen molar-refractivity contribution in [2.24, 2.45) is 0 Å². The number of carbonyl (C=O) groups excluding carboxylic acids is 1. The van der Waals surface area contributed by atoms with Gasteiger partial charge in [0.15, 0.2) is 0 Å². The summed E-state index contributed by atoms with van der Waals surface area (Å²) in [5.74, 6) is -0.497. The first kappa shape index (κ1) is 33.8. The number of hydrogen-bond acceptors (Lipinski definition) is 5. The van der Waals surface area contributed by atoms with Crippen molar-refractivity contribution >= 4 is 54.6 Å². The summed E-state index contributed by atoms with van der Waals surface area (Å²) < 4.78 is 95.6. The van der Waals surface area contributed by atoms with Crippen molar-refractivity contribution < 1.29 is 34.8 Å². The summed E-state index contributed by atoms with van der Waals surface area (Å²) in [4.78, 5) is 12.8. The molecule has 0 radical (unpaired) electrons. The average molecular weight is 680 g/mol. The fraction of sp³-hybridized carbons (Fsp3) is 0.194. The normalized spacial score (nSPS) is 12.2. The molecule has 0 heterocycles. The summed E-state index contributed by atoms with van der Waals surface area (Å²) in [6.45, 7) is 5.23. The molecule has 0 aliphatic carbocycles. The molecule has 0 fully saturated rings. The average Bonchev–Trinajstić information content (AvgIpc) is 2.97. The number of halogens is 4. The van der Waals surface area contributed by atoms with Gasteiger partial charge in [-0.05, 0) is 85.1 Å². The number of sulfonamides is 2. The molecule has 0 atom stereocenters. The lowest BCUT2D eigenvalue weighted by Crippen LogP contribution is -2.38. The molecule has 0 aromatic heterocycles. The number of benzene rings is 4. The summed E-state index contributed by atoms with van der Waals surface area (Å²) >= 11 is 5.61. The lowest BCUT2D eigenvalue weighted by atomic mass is 10.0. The Bertz CT molecular complexity index is 1900. The van der Waals surface area contributed by atoms with Gasteiger partial charge in [0.2, 0.25) is 5.91 Å². The van der Waals surface area contributed by atoms with Crippen LogP contribution in [0.4, 0.5) is 30.2 Å². The van der Waals surface area contributed by atoms with Gasteiger partial charge in [0.05, 0.1) is 26.1 Å². The van der Waals surface area contributed by atoms with Crippen LogP contribution in [0.3, 0.4) is 0 Å². The summed E-state index contributed by atoms with van der Waals surface area (Å²) in [7, 11) is -8.47. The van der Waals surface area contributed by atoms with E-state index in [9.17, 15) is 34.8 Å². The lowest BCUT2D eigenvalue weighted by Gasteiger charge is -2.24. The van der Waals surface area contributed by atoms with Crippen molar-refractivity contribution in [1.29, 1.82) is 0 Å². The van der Waals surface area contributed by atoms with Gasteiger partial charge in [0, 0.05) is 11.4 Å². The topological polar surface area (TPSA) is 113 Å². The number of nitrogens with zero attached hydrogens (tertiary/aromatic N) is 1. The molecule has 0 unspecified atom stereocenters. The molecule has 0 saturated heterocycles.